The first-order valence-electron chi connectivity index (χ1n) is 7.58. The maximum absolute atomic E-state index is 11.3. The summed E-state index contributed by atoms with van der Waals surface area (Å²) in [5.74, 6) is 0.918. The summed E-state index contributed by atoms with van der Waals surface area (Å²) in [5, 5.41) is 16.1. The summed E-state index contributed by atoms with van der Waals surface area (Å²) < 4.78 is 5.32. The van der Waals surface area contributed by atoms with E-state index in [0.717, 1.165) is 18.4 Å². The zero-order valence-corrected chi connectivity index (χ0v) is 12.7. The summed E-state index contributed by atoms with van der Waals surface area (Å²) in [4.78, 5) is 11.3. The highest BCUT2D eigenvalue weighted by Gasteiger charge is 2.17. The van der Waals surface area contributed by atoms with E-state index in [0.29, 0.717) is 30.4 Å². The summed E-state index contributed by atoms with van der Waals surface area (Å²) in [6.07, 6.45) is 1.66. The Hall–Kier alpha value is -1.59. The largest absolute Gasteiger partial charge is 0.482 e. The Morgan fingerprint density at radius 2 is 2.14 bits per heavy atom. The number of anilines is 1. The number of rotatable bonds is 7. The molecule has 1 unspecified atom stereocenters. The molecule has 5 heteroatoms. The lowest BCUT2D eigenvalue weighted by atomic mass is 9.96. The first kappa shape index (κ1) is 15.8. The van der Waals surface area contributed by atoms with Crippen LogP contribution >= 0.6 is 0 Å². The Morgan fingerprint density at radius 1 is 1.38 bits per heavy atom. The van der Waals surface area contributed by atoms with Gasteiger partial charge >= 0.3 is 0 Å². The average molecular weight is 292 g/mol. The molecule has 21 heavy (non-hydrogen) atoms. The maximum atomic E-state index is 11.3. The second-order valence-corrected chi connectivity index (χ2v) is 5.44. The van der Waals surface area contributed by atoms with Gasteiger partial charge in [-0.15, -0.1) is 0 Å². The molecule has 0 bridgehead atoms. The highest BCUT2D eigenvalue weighted by Crippen LogP contribution is 2.28. The zero-order valence-electron chi connectivity index (χ0n) is 12.7. The lowest BCUT2D eigenvalue weighted by Crippen LogP contribution is -2.32. The molecule has 3 N–H and O–H groups in total. The van der Waals surface area contributed by atoms with Gasteiger partial charge in [0.2, 0.25) is 0 Å². The number of aliphatic hydroxyl groups is 1. The van der Waals surface area contributed by atoms with Crippen molar-refractivity contribution in [3.63, 3.8) is 0 Å². The van der Waals surface area contributed by atoms with Crippen LogP contribution < -0.4 is 15.4 Å². The van der Waals surface area contributed by atoms with Crippen LogP contribution in [0.15, 0.2) is 18.2 Å². The van der Waals surface area contributed by atoms with Crippen LogP contribution in [0.1, 0.15) is 32.3 Å². The third kappa shape index (κ3) is 4.19. The number of fused-ring (bicyclic) bond motifs is 1. The molecular weight excluding hydrogens is 268 g/mol. The van der Waals surface area contributed by atoms with Gasteiger partial charge in [0, 0.05) is 13.1 Å². The van der Waals surface area contributed by atoms with Crippen LogP contribution in [-0.2, 0) is 11.3 Å². The van der Waals surface area contributed by atoms with Crippen molar-refractivity contribution in [2.75, 3.05) is 18.5 Å². The van der Waals surface area contributed by atoms with Crippen molar-refractivity contribution >= 4 is 11.6 Å². The molecule has 0 spiro atoms. The number of ether oxygens (including phenoxy) is 1. The van der Waals surface area contributed by atoms with Crippen molar-refractivity contribution in [3.8, 4) is 5.75 Å². The van der Waals surface area contributed by atoms with E-state index in [-0.39, 0.29) is 18.6 Å². The van der Waals surface area contributed by atoms with E-state index in [2.05, 4.69) is 24.5 Å². The summed E-state index contributed by atoms with van der Waals surface area (Å²) in [7, 11) is 0. The van der Waals surface area contributed by atoms with Crippen molar-refractivity contribution in [1.82, 2.24) is 5.32 Å². The van der Waals surface area contributed by atoms with E-state index in [9.17, 15) is 9.90 Å². The Labute approximate surface area is 125 Å². The van der Waals surface area contributed by atoms with Crippen molar-refractivity contribution in [2.24, 2.45) is 5.92 Å². The van der Waals surface area contributed by atoms with E-state index < -0.39 is 0 Å². The Balaban J connectivity index is 1.86. The molecule has 116 valence electrons. The molecule has 1 amide bonds. The van der Waals surface area contributed by atoms with Gasteiger partial charge in [-0.1, -0.05) is 32.8 Å². The molecule has 0 fully saturated rings. The minimum absolute atomic E-state index is 0.0756. The Bertz CT molecular complexity index is 486. The molecule has 0 saturated carbocycles. The minimum Gasteiger partial charge on any atom is -0.482 e. The molecule has 1 aromatic carbocycles. The maximum Gasteiger partial charge on any atom is 0.262 e. The monoisotopic (exact) mass is 292 g/mol. The SMILES string of the molecule is CCC(CC)C(O)CNCc1ccc2c(c1)NC(=O)CO2. The van der Waals surface area contributed by atoms with Crippen molar-refractivity contribution in [1.29, 1.82) is 0 Å². The number of carbonyl (C=O) groups excluding carboxylic acids is 1. The third-order valence-corrected chi connectivity index (χ3v) is 3.95. The quantitative estimate of drug-likeness (QED) is 0.718. The van der Waals surface area contributed by atoms with Crippen LogP contribution in [-0.4, -0.2) is 30.3 Å². The molecule has 0 saturated heterocycles. The smallest absolute Gasteiger partial charge is 0.262 e. The molecule has 2 rings (SSSR count). The van der Waals surface area contributed by atoms with E-state index in [4.69, 9.17) is 4.74 Å². The van der Waals surface area contributed by atoms with Crippen LogP contribution in [0.2, 0.25) is 0 Å². The predicted molar refractivity (Wildman–Crippen MR) is 82.4 cm³/mol. The van der Waals surface area contributed by atoms with Crippen LogP contribution in [0.25, 0.3) is 0 Å². The second-order valence-electron chi connectivity index (χ2n) is 5.44. The molecule has 1 aromatic rings. The van der Waals surface area contributed by atoms with Crippen molar-refractivity contribution < 1.29 is 14.6 Å². The van der Waals surface area contributed by atoms with Gasteiger partial charge < -0.3 is 20.5 Å². The average Bonchev–Trinajstić information content (AvgIpc) is 2.48. The fourth-order valence-electron chi connectivity index (χ4n) is 2.60. The number of hydrogen-bond donors (Lipinski definition) is 3. The molecule has 5 nitrogen and oxygen atoms in total. The van der Waals surface area contributed by atoms with E-state index >= 15 is 0 Å². The molecule has 1 heterocycles. The van der Waals surface area contributed by atoms with Gasteiger partial charge in [0.25, 0.3) is 5.91 Å². The molecular formula is C16H24N2O3. The van der Waals surface area contributed by atoms with Gasteiger partial charge in [-0.3, -0.25) is 4.79 Å². The topological polar surface area (TPSA) is 70.6 Å². The van der Waals surface area contributed by atoms with Crippen LogP contribution in [0.3, 0.4) is 0 Å². The van der Waals surface area contributed by atoms with Gasteiger partial charge in [-0.25, -0.2) is 0 Å². The number of nitrogens with one attached hydrogen (secondary N) is 2. The number of hydrogen-bond acceptors (Lipinski definition) is 4. The van der Waals surface area contributed by atoms with Gasteiger partial charge in [0.05, 0.1) is 11.8 Å². The first-order valence-corrected chi connectivity index (χ1v) is 7.58. The fourth-order valence-corrected chi connectivity index (χ4v) is 2.60. The van der Waals surface area contributed by atoms with Crippen LogP contribution in [0.4, 0.5) is 5.69 Å². The highest BCUT2D eigenvalue weighted by atomic mass is 16.5. The molecule has 0 aromatic heterocycles. The predicted octanol–water partition coefficient (Wildman–Crippen LogP) is 1.90. The lowest BCUT2D eigenvalue weighted by molar-refractivity contribution is -0.118. The van der Waals surface area contributed by atoms with E-state index in [1.54, 1.807) is 0 Å². The Kier molecular flexibility index (Phi) is 5.59. The first-order chi connectivity index (χ1) is 10.1. The van der Waals surface area contributed by atoms with Gasteiger partial charge in [-0.05, 0) is 23.6 Å². The van der Waals surface area contributed by atoms with Gasteiger partial charge in [-0.2, -0.15) is 0 Å². The van der Waals surface area contributed by atoms with E-state index in [1.807, 2.05) is 18.2 Å². The van der Waals surface area contributed by atoms with Crippen molar-refractivity contribution in [3.05, 3.63) is 23.8 Å². The summed E-state index contributed by atoms with van der Waals surface area (Å²) in [6, 6.07) is 5.73. The summed E-state index contributed by atoms with van der Waals surface area (Å²) in [6.45, 7) is 5.51. The Morgan fingerprint density at radius 3 is 2.86 bits per heavy atom. The van der Waals surface area contributed by atoms with Gasteiger partial charge in [0.1, 0.15) is 5.75 Å². The number of benzene rings is 1. The number of carbonyl (C=O) groups is 1. The summed E-state index contributed by atoms with van der Waals surface area (Å²) in [5.41, 5.74) is 1.77. The molecule has 1 aliphatic rings. The number of amides is 1. The van der Waals surface area contributed by atoms with Crippen molar-refractivity contribution in [2.45, 2.75) is 39.3 Å². The zero-order chi connectivity index (χ0) is 15.2. The normalized spacial score (nSPS) is 15.3. The number of aliphatic hydroxyl groups excluding tert-OH is 1. The van der Waals surface area contributed by atoms with Crippen LogP contribution in [0.5, 0.6) is 5.75 Å². The molecule has 1 atom stereocenters. The molecule has 1 aliphatic heterocycles. The standard InChI is InChI=1S/C16H24N2O3/c1-3-12(4-2)14(19)9-17-8-11-5-6-15-13(7-11)18-16(20)10-21-15/h5-7,12,14,17,19H,3-4,8-10H2,1-2H3,(H,18,20). The van der Waals surface area contributed by atoms with Gasteiger partial charge in [0.15, 0.2) is 6.61 Å². The highest BCUT2D eigenvalue weighted by molar-refractivity contribution is 5.95. The minimum atomic E-state index is -0.319. The summed E-state index contributed by atoms with van der Waals surface area (Å²) >= 11 is 0. The second kappa shape index (κ2) is 7.43. The van der Waals surface area contributed by atoms with E-state index in [1.165, 1.54) is 0 Å². The van der Waals surface area contributed by atoms with Crippen LogP contribution in [0, 0.1) is 5.92 Å². The fraction of sp³-hybridized carbons (Fsp3) is 0.562. The lowest BCUT2D eigenvalue weighted by Gasteiger charge is -2.21. The third-order valence-electron chi connectivity index (χ3n) is 3.95. The molecule has 0 aliphatic carbocycles. The molecule has 0 radical (unpaired) electrons.